The number of hydrogen-bond acceptors (Lipinski definition) is 4. The summed E-state index contributed by atoms with van der Waals surface area (Å²) in [4.78, 5) is 5.39. The Hall–Kier alpha value is -1.98. The molecule has 0 aliphatic carbocycles. The van der Waals surface area contributed by atoms with Gasteiger partial charge < -0.3 is 0 Å². The summed E-state index contributed by atoms with van der Waals surface area (Å²) in [6.45, 7) is 0. The molecule has 0 bridgehead atoms. The first-order chi connectivity index (χ1) is 13.8. The van der Waals surface area contributed by atoms with Crippen LogP contribution in [-0.4, -0.2) is 0 Å². The lowest BCUT2D eigenvalue weighted by Gasteiger charge is -2.08. The van der Waals surface area contributed by atoms with Gasteiger partial charge in [-0.3, -0.25) is 0 Å². The molecule has 0 fully saturated rings. The number of benzene rings is 2. The molecule has 0 radical (unpaired) electrons. The van der Waals surface area contributed by atoms with Crippen molar-refractivity contribution in [2.75, 3.05) is 0 Å². The molecule has 2 aromatic carbocycles. The SMILES string of the molecule is C(=C\c1cc2c(s1)Sc1sc(/C=C/c3ccccc3)cc1S2)/c1ccccc1. The molecular weight excluding hydrogens is 417 g/mol. The minimum absolute atomic E-state index is 1.24. The molecule has 0 saturated heterocycles. The maximum atomic E-state index is 2.32. The molecule has 3 heterocycles. The summed E-state index contributed by atoms with van der Waals surface area (Å²) in [5.41, 5.74) is 2.48. The van der Waals surface area contributed by atoms with Gasteiger partial charge in [0, 0.05) is 19.5 Å². The van der Waals surface area contributed by atoms with Crippen molar-refractivity contribution in [3.63, 3.8) is 0 Å². The van der Waals surface area contributed by atoms with E-state index in [1.165, 1.54) is 39.1 Å². The highest BCUT2D eigenvalue weighted by atomic mass is 32.2. The zero-order chi connectivity index (χ0) is 18.8. The molecule has 0 N–H and O–H groups in total. The second-order valence-electron chi connectivity index (χ2n) is 6.29. The molecule has 0 amide bonds. The Labute approximate surface area is 181 Å². The Kier molecular flexibility index (Phi) is 5.28. The maximum Gasteiger partial charge on any atom is 0.0800 e. The van der Waals surface area contributed by atoms with Gasteiger partial charge in [0.15, 0.2) is 0 Å². The Bertz CT molecular complexity index is 1020. The first-order valence-corrected chi connectivity index (χ1v) is 12.2. The van der Waals surface area contributed by atoms with Crippen molar-refractivity contribution < 1.29 is 0 Å². The van der Waals surface area contributed by atoms with Gasteiger partial charge in [-0.05, 0) is 35.4 Å². The molecule has 5 rings (SSSR count). The number of rotatable bonds is 4. The third-order valence-corrected chi connectivity index (χ3v) is 9.46. The fourth-order valence-electron chi connectivity index (χ4n) is 2.89. The molecule has 136 valence electrons. The van der Waals surface area contributed by atoms with Gasteiger partial charge in [0.1, 0.15) is 0 Å². The van der Waals surface area contributed by atoms with E-state index in [4.69, 9.17) is 0 Å². The van der Waals surface area contributed by atoms with Gasteiger partial charge in [0.05, 0.1) is 8.42 Å². The zero-order valence-corrected chi connectivity index (χ0v) is 18.1. The van der Waals surface area contributed by atoms with Crippen LogP contribution in [0.25, 0.3) is 24.3 Å². The molecule has 2 aromatic heterocycles. The second kappa shape index (κ2) is 8.18. The maximum absolute atomic E-state index is 2.32. The quantitative estimate of drug-likeness (QED) is 0.278. The van der Waals surface area contributed by atoms with Crippen LogP contribution < -0.4 is 0 Å². The van der Waals surface area contributed by atoms with Crippen LogP contribution in [0.4, 0.5) is 0 Å². The highest BCUT2D eigenvalue weighted by molar-refractivity contribution is 8.07. The fraction of sp³-hybridized carbons (Fsp3) is 0. The van der Waals surface area contributed by atoms with E-state index in [0.29, 0.717) is 0 Å². The van der Waals surface area contributed by atoms with Crippen molar-refractivity contribution in [2.45, 2.75) is 18.2 Å². The summed E-state index contributed by atoms with van der Waals surface area (Å²) in [5.74, 6) is 0. The number of fused-ring (bicyclic) bond motifs is 2. The lowest BCUT2D eigenvalue weighted by atomic mass is 10.2. The van der Waals surface area contributed by atoms with Gasteiger partial charge >= 0.3 is 0 Å². The molecule has 1 aliphatic rings. The van der Waals surface area contributed by atoms with E-state index in [9.17, 15) is 0 Å². The Morgan fingerprint density at radius 1 is 0.500 bits per heavy atom. The van der Waals surface area contributed by atoms with E-state index >= 15 is 0 Å². The molecule has 0 nitrogen and oxygen atoms in total. The second-order valence-corrected chi connectivity index (χ2v) is 11.1. The van der Waals surface area contributed by atoms with Crippen molar-refractivity contribution in [1.82, 2.24) is 0 Å². The first kappa shape index (κ1) is 18.1. The minimum Gasteiger partial charge on any atom is -0.128 e. The molecule has 0 saturated carbocycles. The van der Waals surface area contributed by atoms with E-state index < -0.39 is 0 Å². The van der Waals surface area contributed by atoms with Gasteiger partial charge in [-0.25, -0.2) is 0 Å². The van der Waals surface area contributed by atoms with Gasteiger partial charge in [-0.1, -0.05) is 96.3 Å². The van der Waals surface area contributed by atoms with E-state index in [0.717, 1.165) is 0 Å². The standard InChI is InChI=1S/C24H16S4/c1-3-7-17(8-4-1)11-13-19-15-21-23(25-19)28-24-22(27-21)16-20(26-24)14-12-18-9-5-2-6-10-18/h1-16H/b13-11+,14-12+. The fourth-order valence-corrected chi connectivity index (χ4v) is 8.24. The van der Waals surface area contributed by atoms with Crippen LogP contribution in [0, 0.1) is 0 Å². The summed E-state index contributed by atoms with van der Waals surface area (Å²) < 4.78 is 2.82. The predicted molar refractivity (Wildman–Crippen MR) is 128 cm³/mol. The third kappa shape index (κ3) is 4.06. The molecule has 0 spiro atoms. The van der Waals surface area contributed by atoms with Crippen molar-refractivity contribution >= 4 is 70.5 Å². The van der Waals surface area contributed by atoms with E-state index in [2.05, 4.69) is 97.1 Å². The van der Waals surface area contributed by atoms with Gasteiger partial charge in [0.2, 0.25) is 0 Å². The average Bonchev–Trinajstić information content (AvgIpc) is 3.32. The van der Waals surface area contributed by atoms with Crippen molar-refractivity contribution in [1.29, 1.82) is 0 Å². The van der Waals surface area contributed by atoms with Crippen LogP contribution in [0.2, 0.25) is 0 Å². The van der Waals surface area contributed by atoms with E-state index in [1.54, 1.807) is 0 Å². The Morgan fingerprint density at radius 2 is 0.964 bits per heavy atom. The summed E-state index contributed by atoms with van der Waals surface area (Å²) in [7, 11) is 0. The molecule has 28 heavy (non-hydrogen) atoms. The predicted octanol–water partition coefficient (Wildman–Crippen LogP) is 8.77. The highest BCUT2D eigenvalue weighted by Crippen LogP contribution is 2.55. The van der Waals surface area contributed by atoms with Crippen LogP contribution in [0.15, 0.2) is 91.0 Å². The summed E-state index contributed by atoms with van der Waals surface area (Å²) in [5, 5.41) is 0. The topological polar surface area (TPSA) is 0 Å². The molecule has 0 atom stereocenters. The van der Waals surface area contributed by atoms with Crippen molar-refractivity contribution in [3.05, 3.63) is 93.7 Å². The van der Waals surface area contributed by atoms with Gasteiger partial charge in [-0.2, -0.15) is 0 Å². The van der Waals surface area contributed by atoms with Crippen LogP contribution in [0.5, 0.6) is 0 Å². The van der Waals surface area contributed by atoms with Crippen LogP contribution in [0.1, 0.15) is 20.9 Å². The van der Waals surface area contributed by atoms with Crippen LogP contribution >= 0.6 is 46.2 Å². The molecule has 4 heteroatoms. The molecule has 0 unspecified atom stereocenters. The minimum atomic E-state index is 1.24. The third-order valence-electron chi connectivity index (χ3n) is 4.25. The first-order valence-electron chi connectivity index (χ1n) is 8.93. The van der Waals surface area contributed by atoms with E-state index in [-0.39, 0.29) is 0 Å². The smallest absolute Gasteiger partial charge is 0.0800 e. The zero-order valence-electron chi connectivity index (χ0n) is 14.9. The Morgan fingerprint density at radius 3 is 1.43 bits per heavy atom. The van der Waals surface area contributed by atoms with Crippen molar-refractivity contribution in [3.8, 4) is 0 Å². The Balaban J connectivity index is 1.33. The average molecular weight is 433 g/mol. The normalized spacial score (nSPS) is 13.1. The van der Waals surface area contributed by atoms with Gasteiger partial charge in [-0.15, -0.1) is 22.7 Å². The lowest BCUT2D eigenvalue weighted by Crippen LogP contribution is -1.77. The molecular formula is C24H16S4. The molecule has 1 aliphatic heterocycles. The number of thiophene rings is 2. The monoisotopic (exact) mass is 432 g/mol. The van der Waals surface area contributed by atoms with E-state index in [1.807, 2.05) is 46.2 Å². The number of hydrogen-bond donors (Lipinski definition) is 0. The van der Waals surface area contributed by atoms with Gasteiger partial charge in [0.25, 0.3) is 0 Å². The lowest BCUT2D eigenvalue weighted by molar-refractivity contribution is 1.29. The van der Waals surface area contributed by atoms with Crippen LogP contribution in [-0.2, 0) is 0 Å². The summed E-state index contributed by atoms with van der Waals surface area (Å²) >= 11 is 7.58. The molecule has 4 aromatic rings. The summed E-state index contributed by atoms with van der Waals surface area (Å²) in [6.07, 6.45) is 8.83. The summed E-state index contributed by atoms with van der Waals surface area (Å²) in [6, 6.07) is 25.6. The largest absolute Gasteiger partial charge is 0.128 e. The highest BCUT2D eigenvalue weighted by Gasteiger charge is 2.21. The van der Waals surface area contributed by atoms with Crippen LogP contribution in [0.3, 0.4) is 0 Å². The van der Waals surface area contributed by atoms with Crippen molar-refractivity contribution in [2.24, 2.45) is 0 Å².